The number of hydrogen-bond donors (Lipinski definition) is 0. The standard InChI is InChI=1S/C40H31OP/c1-5-15-30(16-6-1)29-41-33-25-26-37(39(28-33)42(34-20-9-3-10-21-34)35-22-11-4-12-23-35)40-36-24-14-13-19-32(36)27-38(40)31-17-7-2-8-18-31/h1-28,40H,29H2. The summed E-state index contributed by atoms with van der Waals surface area (Å²) < 4.78 is 6.45. The average molecular weight is 559 g/mol. The summed E-state index contributed by atoms with van der Waals surface area (Å²) in [4.78, 5) is 0. The molecule has 0 saturated heterocycles. The van der Waals surface area contributed by atoms with Crippen LogP contribution in [0.2, 0.25) is 0 Å². The minimum absolute atomic E-state index is 0.124. The van der Waals surface area contributed by atoms with Crippen molar-refractivity contribution in [1.29, 1.82) is 0 Å². The largest absolute Gasteiger partial charge is 0.489 e. The van der Waals surface area contributed by atoms with E-state index in [1.54, 1.807) is 0 Å². The highest BCUT2D eigenvalue weighted by atomic mass is 31.1. The molecule has 0 N–H and O–H groups in total. The minimum Gasteiger partial charge on any atom is -0.489 e. The topological polar surface area (TPSA) is 9.23 Å². The number of ether oxygens (including phenoxy) is 1. The summed E-state index contributed by atoms with van der Waals surface area (Å²) in [6.45, 7) is 0.537. The van der Waals surface area contributed by atoms with Crippen LogP contribution in [0.5, 0.6) is 5.75 Å². The summed E-state index contributed by atoms with van der Waals surface area (Å²) in [7, 11) is -0.849. The molecule has 1 aliphatic rings. The van der Waals surface area contributed by atoms with Gasteiger partial charge in [0.25, 0.3) is 0 Å². The van der Waals surface area contributed by atoms with Crippen LogP contribution < -0.4 is 20.7 Å². The second-order valence-electron chi connectivity index (χ2n) is 10.5. The van der Waals surface area contributed by atoms with Crippen LogP contribution in [0.15, 0.2) is 164 Å². The van der Waals surface area contributed by atoms with E-state index < -0.39 is 7.92 Å². The molecule has 6 aromatic carbocycles. The van der Waals surface area contributed by atoms with E-state index in [0.717, 1.165) is 11.3 Å². The van der Waals surface area contributed by atoms with E-state index in [4.69, 9.17) is 4.74 Å². The molecule has 0 saturated carbocycles. The van der Waals surface area contributed by atoms with Crippen LogP contribution in [0.4, 0.5) is 0 Å². The number of benzene rings is 6. The number of allylic oxidation sites excluding steroid dienone is 1. The Hall–Kier alpha value is -4.71. The van der Waals surface area contributed by atoms with Gasteiger partial charge in [-0.2, -0.15) is 0 Å². The lowest BCUT2D eigenvalue weighted by Gasteiger charge is -2.27. The molecule has 0 radical (unpaired) electrons. The maximum atomic E-state index is 6.45. The Kier molecular flexibility index (Phi) is 7.51. The lowest BCUT2D eigenvalue weighted by molar-refractivity contribution is 0.306. The first kappa shape index (κ1) is 26.2. The predicted molar refractivity (Wildman–Crippen MR) is 179 cm³/mol. The van der Waals surface area contributed by atoms with Crippen molar-refractivity contribution < 1.29 is 4.74 Å². The molecule has 202 valence electrons. The fourth-order valence-corrected chi connectivity index (χ4v) is 8.43. The van der Waals surface area contributed by atoms with E-state index in [9.17, 15) is 0 Å². The van der Waals surface area contributed by atoms with Gasteiger partial charge in [0.1, 0.15) is 12.4 Å². The first-order chi connectivity index (χ1) is 20.8. The lowest BCUT2D eigenvalue weighted by atomic mass is 9.85. The molecule has 0 amide bonds. The Balaban J connectivity index is 1.42. The van der Waals surface area contributed by atoms with Crippen molar-refractivity contribution in [3.05, 3.63) is 192 Å². The molecule has 0 aromatic heterocycles. The third-order valence-corrected chi connectivity index (χ3v) is 10.4. The second-order valence-corrected chi connectivity index (χ2v) is 12.7. The second kappa shape index (κ2) is 12.0. The molecular weight excluding hydrogens is 527 g/mol. The summed E-state index contributed by atoms with van der Waals surface area (Å²) in [5.74, 6) is 1.02. The fraction of sp³-hybridized carbons (Fsp3) is 0.0500. The molecule has 1 nitrogen and oxygen atoms in total. The first-order valence-electron chi connectivity index (χ1n) is 14.4. The maximum absolute atomic E-state index is 6.45. The van der Waals surface area contributed by atoms with E-state index >= 15 is 0 Å². The van der Waals surface area contributed by atoms with Crippen LogP contribution in [0.3, 0.4) is 0 Å². The third kappa shape index (κ3) is 5.32. The zero-order valence-electron chi connectivity index (χ0n) is 23.3. The third-order valence-electron chi connectivity index (χ3n) is 7.87. The number of fused-ring (bicyclic) bond motifs is 1. The van der Waals surface area contributed by atoms with Gasteiger partial charge in [0, 0.05) is 5.92 Å². The van der Waals surface area contributed by atoms with Crippen LogP contribution in [0.1, 0.15) is 33.7 Å². The van der Waals surface area contributed by atoms with Crippen LogP contribution in [-0.4, -0.2) is 0 Å². The Morgan fingerprint density at radius 1 is 0.524 bits per heavy atom. The molecule has 1 unspecified atom stereocenters. The molecule has 2 heteroatoms. The molecule has 1 aliphatic carbocycles. The van der Waals surface area contributed by atoms with E-state index in [0.29, 0.717) is 6.61 Å². The summed E-state index contributed by atoms with van der Waals surface area (Å²) in [5, 5.41) is 3.99. The van der Waals surface area contributed by atoms with Gasteiger partial charge in [-0.3, -0.25) is 0 Å². The van der Waals surface area contributed by atoms with Gasteiger partial charge in [-0.05, 0) is 75.4 Å². The monoisotopic (exact) mass is 558 g/mol. The molecule has 0 fully saturated rings. The zero-order chi connectivity index (χ0) is 28.1. The van der Waals surface area contributed by atoms with Crippen molar-refractivity contribution in [1.82, 2.24) is 0 Å². The van der Waals surface area contributed by atoms with Crippen LogP contribution in [0.25, 0.3) is 11.6 Å². The van der Waals surface area contributed by atoms with Crippen LogP contribution in [-0.2, 0) is 6.61 Å². The molecule has 0 heterocycles. The summed E-state index contributed by atoms with van der Waals surface area (Å²) in [5.41, 5.74) is 7.74. The van der Waals surface area contributed by atoms with Gasteiger partial charge in [-0.25, -0.2) is 0 Å². The summed E-state index contributed by atoms with van der Waals surface area (Å²) in [6, 6.07) is 58.8. The highest BCUT2D eigenvalue weighted by molar-refractivity contribution is 7.79. The molecule has 6 aromatic rings. The van der Waals surface area contributed by atoms with Crippen LogP contribution >= 0.6 is 7.92 Å². The van der Waals surface area contributed by atoms with Crippen molar-refractivity contribution in [2.24, 2.45) is 0 Å². The zero-order valence-corrected chi connectivity index (χ0v) is 24.2. The normalized spacial score (nSPS) is 13.9. The molecule has 1 atom stereocenters. The molecule has 0 spiro atoms. The van der Waals surface area contributed by atoms with E-state index in [2.05, 4.69) is 164 Å². The highest BCUT2D eigenvalue weighted by Crippen LogP contribution is 2.48. The summed E-state index contributed by atoms with van der Waals surface area (Å²) in [6.07, 6.45) is 2.38. The van der Waals surface area contributed by atoms with Gasteiger partial charge in [-0.1, -0.05) is 152 Å². The van der Waals surface area contributed by atoms with Crippen LogP contribution in [0, 0.1) is 0 Å². The van der Waals surface area contributed by atoms with Crippen molar-refractivity contribution in [2.75, 3.05) is 0 Å². The van der Waals surface area contributed by atoms with Gasteiger partial charge in [0.05, 0.1) is 0 Å². The quantitative estimate of drug-likeness (QED) is 0.170. The van der Waals surface area contributed by atoms with Gasteiger partial charge in [0.15, 0.2) is 0 Å². The molecule has 0 bridgehead atoms. The Bertz CT molecular complexity index is 1770. The fourth-order valence-electron chi connectivity index (χ4n) is 5.91. The van der Waals surface area contributed by atoms with Gasteiger partial charge in [0.2, 0.25) is 0 Å². The van der Waals surface area contributed by atoms with E-state index in [1.165, 1.54) is 43.7 Å². The minimum atomic E-state index is -0.849. The van der Waals surface area contributed by atoms with E-state index in [-0.39, 0.29) is 5.92 Å². The molecule has 42 heavy (non-hydrogen) atoms. The van der Waals surface area contributed by atoms with Crippen molar-refractivity contribution in [2.45, 2.75) is 12.5 Å². The predicted octanol–water partition coefficient (Wildman–Crippen LogP) is 8.71. The Labute approximate surface area is 249 Å². The number of hydrogen-bond acceptors (Lipinski definition) is 1. The highest BCUT2D eigenvalue weighted by Gasteiger charge is 2.32. The number of rotatable bonds is 8. The van der Waals surface area contributed by atoms with Gasteiger partial charge in [-0.15, -0.1) is 0 Å². The molecule has 0 aliphatic heterocycles. The molecular formula is C40H31OP. The summed E-state index contributed by atoms with van der Waals surface area (Å²) >= 11 is 0. The maximum Gasteiger partial charge on any atom is 0.120 e. The van der Waals surface area contributed by atoms with Gasteiger partial charge < -0.3 is 4.74 Å². The SMILES string of the molecule is C1=C(c2ccccc2)C(c2ccc(OCc3ccccc3)cc2P(c2ccccc2)c2ccccc2)c2ccccc21. The first-order valence-corrected chi connectivity index (χ1v) is 15.8. The smallest absolute Gasteiger partial charge is 0.120 e. The lowest BCUT2D eigenvalue weighted by Crippen LogP contribution is -2.25. The van der Waals surface area contributed by atoms with E-state index in [1.807, 2.05) is 6.07 Å². The van der Waals surface area contributed by atoms with Gasteiger partial charge >= 0.3 is 0 Å². The van der Waals surface area contributed by atoms with Crippen molar-refractivity contribution in [3.8, 4) is 5.75 Å². The average Bonchev–Trinajstić information content (AvgIpc) is 3.45. The Morgan fingerprint density at radius 3 is 1.76 bits per heavy atom. The van der Waals surface area contributed by atoms with Crippen molar-refractivity contribution >= 4 is 35.5 Å². The Morgan fingerprint density at radius 2 is 1.10 bits per heavy atom. The molecule has 7 rings (SSSR count). The van der Waals surface area contributed by atoms with Crippen molar-refractivity contribution in [3.63, 3.8) is 0 Å².